The standard InChI is InChI=1S/C16H18FN5O2/c1-10-5-12(3-4-14(10)17)22-9-11(6-15(22)23)16(24)18-7-13-8-19-20-21(13)2/h3-5,8,11H,6-7,9H2,1-2H3,(H,18,24). The van der Waals surface area contributed by atoms with E-state index in [9.17, 15) is 14.0 Å². The van der Waals surface area contributed by atoms with Gasteiger partial charge in [0, 0.05) is 25.7 Å². The van der Waals surface area contributed by atoms with Crippen molar-refractivity contribution >= 4 is 17.5 Å². The highest BCUT2D eigenvalue weighted by Crippen LogP contribution is 2.26. The van der Waals surface area contributed by atoms with E-state index in [0.29, 0.717) is 24.3 Å². The fourth-order valence-corrected chi connectivity index (χ4v) is 2.72. The third kappa shape index (κ3) is 3.12. The van der Waals surface area contributed by atoms with Crippen LogP contribution in [0.2, 0.25) is 0 Å². The molecule has 1 fully saturated rings. The molecule has 0 radical (unpaired) electrons. The molecule has 1 aliphatic rings. The molecule has 8 heteroatoms. The Morgan fingerprint density at radius 2 is 2.25 bits per heavy atom. The lowest BCUT2D eigenvalue weighted by molar-refractivity contribution is -0.126. The summed E-state index contributed by atoms with van der Waals surface area (Å²) in [4.78, 5) is 26.0. The van der Waals surface area contributed by atoms with Gasteiger partial charge in [0.25, 0.3) is 0 Å². The summed E-state index contributed by atoms with van der Waals surface area (Å²) in [6.45, 7) is 2.24. The van der Waals surface area contributed by atoms with Crippen LogP contribution in [0.5, 0.6) is 0 Å². The third-order valence-electron chi connectivity index (χ3n) is 4.20. The van der Waals surface area contributed by atoms with Gasteiger partial charge in [-0.2, -0.15) is 0 Å². The Kier molecular flexibility index (Phi) is 4.28. The van der Waals surface area contributed by atoms with Crippen molar-refractivity contribution in [3.05, 3.63) is 41.5 Å². The van der Waals surface area contributed by atoms with E-state index in [2.05, 4.69) is 15.6 Å². The summed E-state index contributed by atoms with van der Waals surface area (Å²) >= 11 is 0. The molecule has 1 N–H and O–H groups in total. The van der Waals surface area contributed by atoms with Gasteiger partial charge in [-0.15, -0.1) is 5.10 Å². The molecule has 1 saturated heterocycles. The Morgan fingerprint density at radius 3 is 2.92 bits per heavy atom. The summed E-state index contributed by atoms with van der Waals surface area (Å²) in [5, 5.41) is 10.3. The van der Waals surface area contributed by atoms with Crippen LogP contribution in [0.15, 0.2) is 24.4 Å². The quantitative estimate of drug-likeness (QED) is 0.904. The number of nitrogens with one attached hydrogen (secondary N) is 1. The molecule has 2 amide bonds. The molecule has 126 valence electrons. The highest BCUT2D eigenvalue weighted by Gasteiger charge is 2.35. The van der Waals surface area contributed by atoms with Crippen LogP contribution in [0.25, 0.3) is 0 Å². The van der Waals surface area contributed by atoms with Crippen LogP contribution in [0.1, 0.15) is 17.7 Å². The van der Waals surface area contributed by atoms with Crippen molar-refractivity contribution in [2.45, 2.75) is 19.9 Å². The molecule has 24 heavy (non-hydrogen) atoms. The van der Waals surface area contributed by atoms with E-state index in [4.69, 9.17) is 0 Å². The van der Waals surface area contributed by atoms with Crippen molar-refractivity contribution in [1.82, 2.24) is 20.3 Å². The lowest BCUT2D eigenvalue weighted by Crippen LogP contribution is -2.33. The fourth-order valence-electron chi connectivity index (χ4n) is 2.72. The molecule has 2 heterocycles. The van der Waals surface area contributed by atoms with Crippen LogP contribution < -0.4 is 10.2 Å². The summed E-state index contributed by atoms with van der Waals surface area (Å²) in [5.74, 6) is -1.07. The molecule has 0 spiro atoms. The van der Waals surface area contributed by atoms with Crippen molar-refractivity contribution in [2.75, 3.05) is 11.4 Å². The predicted molar refractivity (Wildman–Crippen MR) is 84.4 cm³/mol. The number of hydrogen-bond donors (Lipinski definition) is 1. The highest BCUT2D eigenvalue weighted by atomic mass is 19.1. The maximum absolute atomic E-state index is 13.4. The van der Waals surface area contributed by atoms with Crippen molar-refractivity contribution in [3.8, 4) is 0 Å². The van der Waals surface area contributed by atoms with E-state index >= 15 is 0 Å². The zero-order chi connectivity index (χ0) is 17.3. The van der Waals surface area contributed by atoms with E-state index in [1.807, 2.05) is 0 Å². The fraction of sp³-hybridized carbons (Fsp3) is 0.375. The smallest absolute Gasteiger partial charge is 0.227 e. The minimum absolute atomic E-state index is 0.136. The maximum atomic E-state index is 13.4. The van der Waals surface area contributed by atoms with Gasteiger partial charge in [0.15, 0.2) is 0 Å². The zero-order valence-corrected chi connectivity index (χ0v) is 13.5. The lowest BCUT2D eigenvalue weighted by Gasteiger charge is -2.17. The van der Waals surface area contributed by atoms with Gasteiger partial charge in [0.05, 0.1) is 24.4 Å². The van der Waals surface area contributed by atoms with E-state index in [1.165, 1.54) is 11.0 Å². The van der Waals surface area contributed by atoms with Crippen LogP contribution in [0, 0.1) is 18.7 Å². The van der Waals surface area contributed by atoms with E-state index < -0.39 is 5.92 Å². The van der Waals surface area contributed by atoms with Gasteiger partial charge in [-0.05, 0) is 30.7 Å². The highest BCUT2D eigenvalue weighted by molar-refractivity contribution is 6.00. The molecular weight excluding hydrogens is 313 g/mol. The Labute approximate surface area is 138 Å². The molecule has 3 rings (SSSR count). The molecule has 0 aliphatic carbocycles. The van der Waals surface area contributed by atoms with Gasteiger partial charge in [-0.1, -0.05) is 5.21 Å². The number of nitrogens with zero attached hydrogens (tertiary/aromatic N) is 4. The number of anilines is 1. The van der Waals surface area contributed by atoms with Gasteiger partial charge in [-0.3, -0.25) is 14.3 Å². The first-order valence-corrected chi connectivity index (χ1v) is 7.63. The SMILES string of the molecule is Cc1cc(N2CC(C(=O)NCc3cnnn3C)CC2=O)ccc1F. The Balaban J connectivity index is 1.64. The molecule has 1 unspecified atom stereocenters. The number of amides is 2. The largest absolute Gasteiger partial charge is 0.350 e. The molecule has 1 aliphatic heterocycles. The van der Waals surface area contributed by atoms with Gasteiger partial charge >= 0.3 is 0 Å². The van der Waals surface area contributed by atoms with Crippen LogP contribution in [-0.4, -0.2) is 33.4 Å². The zero-order valence-electron chi connectivity index (χ0n) is 13.5. The van der Waals surface area contributed by atoms with Crippen molar-refractivity contribution < 1.29 is 14.0 Å². The van der Waals surface area contributed by atoms with E-state index in [1.54, 1.807) is 37.0 Å². The predicted octanol–water partition coefficient (Wildman–Crippen LogP) is 0.932. The average molecular weight is 331 g/mol. The molecule has 0 bridgehead atoms. The van der Waals surface area contributed by atoms with Gasteiger partial charge in [0.2, 0.25) is 11.8 Å². The molecule has 0 saturated carbocycles. The van der Waals surface area contributed by atoms with Crippen LogP contribution in [0.4, 0.5) is 10.1 Å². The van der Waals surface area contributed by atoms with E-state index in [0.717, 1.165) is 5.69 Å². The minimum atomic E-state index is -0.427. The second-order valence-electron chi connectivity index (χ2n) is 5.91. The Morgan fingerprint density at radius 1 is 1.46 bits per heavy atom. The van der Waals surface area contributed by atoms with Crippen LogP contribution >= 0.6 is 0 Å². The van der Waals surface area contributed by atoms with Crippen molar-refractivity contribution in [1.29, 1.82) is 0 Å². The number of carbonyl (C=O) groups is 2. The molecule has 7 nitrogen and oxygen atoms in total. The van der Waals surface area contributed by atoms with Crippen LogP contribution in [-0.2, 0) is 23.2 Å². The van der Waals surface area contributed by atoms with Gasteiger partial charge in [-0.25, -0.2) is 4.39 Å². The number of rotatable bonds is 4. The maximum Gasteiger partial charge on any atom is 0.227 e. The summed E-state index contributed by atoms with van der Waals surface area (Å²) in [6.07, 6.45) is 1.72. The van der Waals surface area contributed by atoms with Crippen molar-refractivity contribution in [3.63, 3.8) is 0 Å². The van der Waals surface area contributed by atoms with Crippen molar-refractivity contribution in [2.24, 2.45) is 13.0 Å². The summed E-state index contributed by atoms with van der Waals surface area (Å²) < 4.78 is 15.0. The molecule has 1 atom stereocenters. The minimum Gasteiger partial charge on any atom is -0.350 e. The van der Waals surface area contributed by atoms with E-state index in [-0.39, 0.29) is 24.1 Å². The second-order valence-corrected chi connectivity index (χ2v) is 5.91. The number of aryl methyl sites for hydroxylation is 2. The molecule has 1 aromatic carbocycles. The topological polar surface area (TPSA) is 80.1 Å². The first-order valence-electron chi connectivity index (χ1n) is 7.63. The normalized spacial score (nSPS) is 17.4. The first-order chi connectivity index (χ1) is 11.5. The molecule has 1 aromatic heterocycles. The third-order valence-corrected chi connectivity index (χ3v) is 4.20. The molecule has 2 aromatic rings. The summed E-state index contributed by atoms with van der Waals surface area (Å²) in [6, 6.07) is 4.51. The van der Waals surface area contributed by atoms with Gasteiger partial charge in [0.1, 0.15) is 5.82 Å². The average Bonchev–Trinajstić information content (AvgIpc) is 3.13. The number of carbonyl (C=O) groups excluding carboxylic acids is 2. The summed E-state index contributed by atoms with van der Waals surface area (Å²) in [5.41, 5.74) is 1.86. The second kappa shape index (κ2) is 6.38. The van der Waals surface area contributed by atoms with Gasteiger partial charge < -0.3 is 10.2 Å². The number of aromatic nitrogens is 3. The number of halogens is 1. The number of benzene rings is 1. The van der Waals surface area contributed by atoms with Crippen LogP contribution in [0.3, 0.4) is 0 Å². The lowest BCUT2D eigenvalue weighted by atomic mass is 10.1. The Bertz CT molecular complexity index is 789. The summed E-state index contributed by atoms with van der Waals surface area (Å²) in [7, 11) is 1.74. The first kappa shape index (κ1) is 16.1. The Hall–Kier alpha value is -2.77. The number of hydrogen-bond acceptors (Lipinski definition) is 4. The monoisotopic (exact) mass is 331 g/mol. The molecular formula is C16H18FN5O2.